The van der Waals surface area contributed by atoms with E-state index in [1.54, 1.807) is 0 Å². The Hall–Kier alpha value is -0.360. The number of alkyl halides is 4. The van der Waals surface area contributed by atoms with Gasteiger partial charge in [-0.05, 0) is 12.3 Å². The van der Waals surface area contributed by atoms with Crippen molar-refractivity contribution in [2.45, 2.75) is 32.6 Å². The second-order valence-corrected chi connectivity index (χ2v) is 4.03. The zero-order valence-electron chi connectivity index (χ0n) is 9.61. The Labute approximate surface area is 93.3 Å². The third-order valence-electron chi connectivity index (χ3n) is 1.94. The fourth-order valence-corrected chi connectivity index (χ4v) is 0.898. The van der Waals surface area contributed by atoms with Crippen molar-refractivity contribution in [3.05, 3.63) is 0 Å². The monoisotopic (exact) mass is 245 g/mol. The lowest BCUT2D eigenvalue weighted by molar-refractivity contribution is -0.125. The lowest BCUT2D eigenvalue weighted by Crippen LogP contribution is -2.39. The SMILES string of the molecule is CC(C)CCOCCNCC(F)(F)C(F)F. The zero-order valence-corrected chi connectivity index (χ0v) is 9.61. The second kappa shape index (κ2) is 7.84. The Morgan fingerprint density at radius 1 is 1.19 bits per heavy atom. The van der Waals surface area contributed by atoms with Crippen LogP contribution in [0.4, 0.5) is 17.6 Å². The van der Waals surface area contributed by atoms with Crippen molar-refractivity contribution in [2.75, 3.05) is 26.3 Å². The molecule has 0 rings (SSSR count). The first-order chi connectivity index (χ1) is 7.36. The first kappa shape index (κ1) is 15.6. The molecule has 0 bridgehead atoms. The molecule has 0 aliphatic rings. The molecule has 0 unspecified atom stereocenters. The van der Waals surface area contributed by atoms with Gasteiger partial charge in [0.25, 0.3) is 0 Å². The number of hydrogen-bond acceptors (Lipinski definition) is 2. The summed E-state index contributed by atoms with van der Waals surface area (Å²) in [6, 6.07) is 0. The van der Waals surface area contributed by atoms with E-state index in [4.69, 9.17) is 4.74 Å². The predicted molar refractivity (Wildman–Crippen MR) is 54.1 cm³/mol. The topological polar surface area (TPSA) is 21.3 Å². The third-order valence-corrected chi connectivity index (χ3v) is 1.94. The molecule has 0 spiro atoms. The van der Waals surface area contributed by atoms with Crippen LogP contribution >= 0.6 is 0 Å². The standard InChI is InChI=1S/C10H19F4NO/c1-8(2)3-5-16-6-4-15-7-10(13,14)9(11)12/h8-9,15H,3-7H2,1-2H3. The minimum atomic E-state index is -3.96. The minimum absolute atomic E-state index is 0.153. The molecule has 0 fully saturated rings. The van der Waals surface area contributed by atoms with Gasteiger partial charge in [0.05, 0.1) is 13.2 Å². The number of hydrogen-bond donors (Lipinski definition) is 1. The van der Waals surface area contributed by atoms with Crippen molar-refractivity contribution in [3.63, 3.8) is 0 Å². The Morgan fingerprint density at radius 2 is 1.81 bits per heavy atom. The molecule has 6 heteroatoms. The van der Waals surface area contributed by atoms with E-state index in [0.717, 1.165) is 6.42 Å². The maximum absolute atomic E-state index is 12.4. The molecular formula is C10H19F4NO. The van der Waals surface area contributed by atoms with E-state index < -0.39 is 18.9 Å². The zero-order chi connectivity index (χ0) is 12.6. The molecule has 0 amide bonds. The molecule has 0 aliphatic carbocycles. The molecule has 0 atom stereocenters. The van der Waals surface area contributed by atoms with Crippen LogP contribution in [-0.2, 0) is 4.74 Å². The molecular weight excluding hydrogens is 226 g/mol. The summed E-state index contributed by atoms with van der Waals surface area (Å²) < 4.78 is 53.3. The van der Waals surface area contributed by atoms with Gasteiger partial charge in [0.15, 0.2) is 0 Å². The molecule has 0 aromatic rings. The van der Waals surface area contributed by atoms with E-state index in [1.165, 1.54) is 0 Å². The van der Waals surface area contributed by atoms with Crippen molar-refractivity contribution < 1.29 is 22.3 Å². The van der Waals surface area contributed by atoms with Gasteiger partial charge in [-0.25, -0.2) is 8.78 Å². The van der Waals surface area contributed by atoms with Gasteiger partial charge in [-0.15, -0.1) is 0 Å². The Kier molecular flexibility index (Phi) is 7.66. The van der Waals surface area contributed by atoms with Crippen LogP contribution < -0.4 is 5.32 Å². The molecule has 98 valence electrons. The van der Waals surface area contributed by atoms with Crippen molar-refractivity contribution in [1.82, 2.24) is 5.32 Å². The van der Waals surface area contributed by atoms with E-state index in [1.807, 2.05) is 13.8 Å². The maximum atomic E-state index is 12.4. The van der Waals surface area contributed by atoms with Crippen LogP contribution in [0.5, 0.6) is 0 Å². The van der Waals surface area contributed by atoms with Crippen molar-refractivity contribution in [1.29, 1.82) is 0 Å². The lowest BCUT2D eigenvalue weighted by atomic mass is 10.1. The van der Waals surface area contributed by atoms with Crippen LogP contribution in [0.2, 0.25) is 0 Å². The van der Waals surface area contributed by atoms with Gasteiger partial charge in [0.2, 0.25) is 0 Å². The van der Waals surface area contributed by atoms with Gasteiger partial charge in [0.1, 0.15) is 0 Å². The summed E-state index contributed by atoms with van der Waals surface area (Å²) >= 11 is 0. The average Bonchev–Trinajstić information content (AvgIpc) is 2.15. The fourth-order valence-electron chi connectivity index (χ4n) is 0.898. The number of halogens is 4. The molecule has 0 heterocycles. The molecule has 0 aromatic heterocycles. The van der Waals surface area contributed by atoms with Gasteiger partial charge < -0.3 is 10.1 Å². The maximum Gasteiger partial charge on any atom is 0.319 e. The fraction of sp³-hybridized carbons (Fsp3) is 1.00. The normalized spacial score (nSPS) is 12.8. The van der Waals surface area contributed by atoms with Crippen LogP contribution in [0.1, 0.15) is 20.3 Å². The molecule has 1 N–H and O–H groups in total. The second-order valence-electron chi connectivity index (χ2n) is 4.03. The molecule has 0 saturated heterocycles. The highest BCUT2D eigenvalue weighted by molar-refractivity contribution is 4.71. The average molecular weight is 245 g/mol. The van der Waals surface area contributed by atoms with Crippen LogP contribution in [0.25, 0.3) is 0 Å². The van der Waals surface area contributed by atoms with Crippen LogP contribution in [0.3, 0.4) is 0 Å². The summed E-state index contributed by atoms with van der Waals surface area (Å²) in [7, 11) is 0. The number of ether oxygens (including phenoxy) is 1. The van der Waals surface area contributed by atoms with Gasteiger partial charge in [-0.1, -0.05) is 13.8 Å². The van der Waals surface area contributed by atoms with Crippen molar-refractivity contribution in [3.8, 4) is 0 Å². The minimum Gasteiger partial charge on any atom is -0.380 e. The quantitative estimate of drug-likeness (QED) is 0.498. The largest absolute Gasteiger partial charge is 0.380 e. The first-order valence-corrected chi connectivity index (χ1v) is 5.30. The van der Waals surface area contributed by atoms with E-state index in [2.05, 4.69) is 5.32 Å². The molecule has 0 aromatic carbocycles. The first-order valence-electron chi connectivity index (χ1n) is 5.30. The number of nitrogens with one attached hydrogen (secondary N) is 1. The Bertz CT molecular complexity index is 176. The van der Waals surface area contributed by atoms with Gasteiger partial charge >= 0.3 is 12.3 Å². The van der Waals surface area contributed by atoms with Crippen LogP contribution in [-0.4, -0.2) is 38.7 Å². The van der Waals surface area contributed by atoms with Crippen molar-refractivity contribution >= 4 is 0 Å². The van der Waals surface area contributed by atoms with Crippen LogP contribution in [0.15, 0.2) is 0 Å². The predicted octanol–water partition coefficient (Wildman–Crippen LogP) is 2.54. The van der Waals surface area contributed by atoms with E-state index in [9.17, 15) is 17.6 Å². The summed E-state index contributed by atoms with van der Waals surface area (Å²) in [5.41, 5.74) is 0. The highest BCUT2D eigenvalue weighted by Gasteiger charge is 2.39. The smallest absolute Gasteiger partial charge is 0.319 e. The Balaban J connectivity index is 3.34. The molecule has 16 heavy (non-hydrogen) atoms. The Morgan fingerprint density at radius 3 is 2.31 bits per heavy atom. The summed E-state index contributed by atoms with van der Waals surface area (Å²) in [6.45, 7) is 4.05. The molecule has 0 aliphatic heterocycles. The summed E-state index contributed by atoms with van der Waals surface area (Å²) in [5.74, 6) is -3.44. The molecule has 0 saturated carbocycles. The highest BCUT2D eigenvalue weighted by Crippen LogP contribution is 2.21. The van der Waals surface area contributed by atoms with Gasteiger partial charge in [-0.2, -0.15) is 8.78 Å². The van der Waals surface area contributed by atoms with Gasteiger partial charge in [0, 0.05) is 13.2 Å². The molecule has 2 nitrogen and oxygen atoms in total. The summed E-state index contributed by atoms with van der Waals surface area (Å²) in [4.78, 5) is 0. The van der Waals surface area contributed by atoms with E-state index >= 15 is 0 Å². The van der Waals surface area contributed by atoms with E-state index in [-0.39, 0.29) is 13.2 Å². The van der Waals surface area contributed by atoms with E-state index in [0.29, 0.717) is 12.5 Å². The van der Waals surface area contributed by atoms with Crippen molar-refractivity contribution in [2.24, 2.45) is 5.92 Å². The lowest BCUT2D eigenvalue weighted by Gasteiger charge is -2.15. The molecule has 0 radical (unpaired) electrons. The highest BCUT2D eigenvalue weighted by atomic mass is 19.3. The summed E-state index contributed by atoms with van der Waals surface area (Å²) in [5, 5.41) is 2.24. The van der Waals surface area contributed by atoms with Gasteiger partial charge in [-0.3, -0.25) is 0 Å². The van der Waals surface area contributed by atoms with Crippen LogP contribution in [0, 0.1) is 5.92 Å². The third kappa shape index (κ3) is 7.87. The number of rotatable bonds is 9. The summed E-state index contributed by atoms with van der Waals surface area (Å²) in [6.07, 6.45) is -2.73.